The van der Waals surface area contributed by atoms with E-state index in [1.54, 1.807) is 0 Å². The maximum atomic E-state index is 13.7. The van der Waals surface area contributed by atoms with E-state index in [2.05, 4.69) is 61.1 Å². The number of anilines is 2. The predicted octanol–water partition coefficient (Wildman–Crippen LogP) is 7.75. The SMILES string of the molecule is CCCN1c2cc(-c3cc(NC(=O)c4ccnc(C(C)(F)F)c4)ccc3C)ccc2CCC1(C)CC. The predicted molar refractivity (Wildman–Crippen MR) is 143 cm³/mol. The van der Waals surface area contributed by atoms with Crippen LogP contribution in [0.5, 0.6) is 0 Å². The Kier molecular flexibility index (Phi) is 7.17. The number of alkyl halides is 2. The summed E-state index contributed by atoms with van der Waals surface area (Å²) in [7, 11) is 0. The fourth-order valence-electron chi connectivity index (χ4n) is 5.03. The van der Waals surface area contributed by atoms with Crippen LogP contribution in [-0.4, -0.2) is 23.0 Å². The molecule has 0 spiro atoms. The van der Waals surface area contributed by atoms with Crippen molar-refractivity contribution in [3.8, 4) is 11.1 Å². The van der Waals surface area contributed by atoms with Gasteiger partial charge < -0.3 is 10.2 Å². The molecule has 1 aromatic heterocycles. The molecule has 36 heavy (non-hydrogen) atoms. The summed E-state index contributed by atoms with van der Waals surface area (Å²) >= 11 is 0. The molecule has 1 amide bonds. The minimum Gasteiger partial charge on any atom is -0.366 e. The Bertz CT molecular complexity index is 1270. The van der Waals surface area contributed by atoms with E-state index in [9.17, 15) is 13.6 Å². The summed E-state index contributed by atoms with van der Waals surface area (Å²) in [5, 5.41) is 2.87. The van der Waals surface area contributed by atoms with Crippen LogP contribution in [0, 0.1) is 6.92 Å². The van der Waals surface area contributed by atoms with Gasteiger partial charge in [0, 0.05) is 42.1 Å². The molecule has 1 unspecified atom stereocenters. The second-order valence-electron chi connectivity index (χ2n) is 10.1. The van der Waals surface area contributed by atoms with Gasteiger partial charge in [-0.15, -0.1) is 0 Å². The molecule has 1 atom stereocenters. The van der Waals surface area contributed by atoms with E-state index in [0.717, 1.165) is 61.9 Å². The van der Waals surface area contributed by atoms with Crippen LogP contribution in [0.1, 0.15) is 74.1 Å². The maximum absolute atomic E-state index is 13.7. The van der Waals surface area contributed by atoms with Crippen molar-refractivity contribution in [2.45, 2.75) is 71.8 Å². The van der Waals surface area contributed by atoms with Gasteiger partial charge in [-0.2, -0.15) is 8.78 Å². The van der Waals surface area contributed by atoms with Gasteiger partial charge in [0.25, 0.3) is 11.8 Å². The number of aryl methyl sites for hydroxylation is 2. The molecular formula is C30H35F2N3O. The molecule has 1 aliphatic heterocycles. The highest BCUT2D eigenvalue weighted by Gasteiger charge is 2.35. The lowest BCUT2D eigenvalue weighted by Crippen LogP contribution is -2.49. The number of carbonyl (C=O) groups is 1. The highest BCUT2D eigenvalue weighted by Crippen LogP contribution is 2.41. The molecular weight excluding hydrogens is 456 g/mol. The molecule has 0 saturated carbocycles. The number of hydrogen-bond acceptors (Lipinski definition) is 3. The number of benzene rings is 2. The number of amides is 1. The van der Waals surface area contributed by atoms with Crippen LogP contribution in [-0.2, 0) is 12.3 Å². The van der Waals surface area contributed by atoms with Crippen LogP contribution in [0.25, 0.3) is 11.1 Å². The van der Waals surface area contributed by atoms with Crippen molar-refractivity contribution in [2.75, 3.05) is 16.8 Å². The van der Waals surface area contributed by atoms with E-state index in [-0.39, 0.29) is 11.1 Å². The van der Waals surface area contributed by atoms with Gasteiger partial charge in [0.1, 0.15) is 5.69 Å². The topological polar surface area (TPSA) is 45.2 Å². The number of nitrogens with one attached hydrogen (secondary N) is 1. The van der Waals surface area contributed by atoms with Crippen LogP contribution in [0.15, 0.2) is 54.7 Å². The van der Waals surface area contributed by atoms with Crippen molar-refractivity contribution < 1.29 is 13.6 Å². The number of aromatic nitrogens is 1. The molecule has 0 fully saturated rings. The Balaban J connectivity index is 1.65. The number of hydrogen-bond donors (Lipinski definition) is 1. The Labute approximate surface area is 212 Å². The van der Waals surface area contributed by atoms with Gasteiger partial charge in [-0.25, -0.2) is 0 Å². The van der Waals surface area contributed by atoms with E-state index >= 15 is 0 Å². The summed E-state index contributed by atoms with van der Waals surface area (Å²) in [5.41, 5.74) is 6.38. The van der Waals surface area contributed by atoms with Crippen LogP contribution in [0.3, 0.4) is 0 Å². The second-order valence-corrected chi connectivity index (χ2v) is 10.1. The standard InChI is InChI=1S/C30H35F2N3O/c1-6-16-35-26-17-22(10-9-21(26)12-14-29(35,4)7-2)25-19-24(11-8-20(25)3)34-28(36)23-13-15-33-27(18-23)30(5,31)32/h8-11,13,15,17-19H,6-7,12,14,16H2,1-5H3,(H,34,36). The van der Waals surface area contributed by atoms with Crippen molar-refractivity contribution in [3.05, 3.63) is 77.1 Å². The van der Waals surface area contributed by atoms with Crippen molar-refractivity contribution in [2.24, 2.45) is 0 Å². The zero-order valence-electron chi connectivity index (χ0n) is 21.8. The summed E-state index contributed by atoms with van der Waals surface area (Å²) in [6.45, 7) is 10.7. The Hall–Kier alpha value is -3.28. The van der Waals surface area contributed by atoms with Crippen molar-refractivity contribution >= 4 is 17.3 Å². The molecule has 0 saturated heterocycles. The molecule has 0 aliphatic carbocycles. The molecule has 190 valence electrons. The molecule has 2 aromatic carbocycles. The molecule has 4 rings (SSSR count). The Morgan fingerprint density at radius 1 is 1.14 bits per heavy atom. The largest absolute Gasteiger partial charge is 0.366 e. The fourth-order valence-corrected chi connectivity index (χ4v) is 5.03. The normalized spacial score (nSPS) is 17.6. The molecule has 0 radical (unpaired) electrons. The lowest BCUT2D eigenvalue weighted by molar-refractivity contribution is 0.0127. The summed E-state index contributed by atoms with van der Waals surface area (Å²) in [4.78, 5) is 19.1. The van der Waals surface area contributed by atoms with Gasteiger partial charge in [-0.3, -0.25) is 9.78 Å². The first-order chi connectivity index (χ1) is 17.1. The lowest BCUT2D eigenvalue weighted by atomic mass is 9.82. The van der Waals surface area contributed by atoms with Gasteiger partial charge in [0.05, 0.1) is 0 Å². The zero-order valence-corrected chi connectivity index (χ0v) is 21.8. The average Bonchev–Trinajstić information content (AvgIpc) is 2.86. The number of nitrogens with zero attached hydrogens (tertiary/aromatic N) is 2. The van der Waals surface area contributed by atoms with Crippen LogP contribution < -0.4 is 10.2 Å². The number of halogens is 2. The quantitative estimate of drug-likeness (QED) is 0.367. The first-order valence-corrected chi connectivity index (χ1v) is 12.7. The van der Waals surface area contributed by atoms with Gasteiger partial charge in [-0.05, 0) is 92.1 Å². The smallest absolute Gasteiger partial charge is 0.286 e. The minimum absolute atomic E-state index is 0.144. The van der Waals surface area contributed by atoms with Crippen molar-refractivity contribution in [1.29, 1.82) is 0 Å². The summed E-state index contributed by atoms with van der Waals surface area (Å²) in [5.74, 6) is -3.56. The summed E-state index contributed by atoms with van der Waals surface area (Å²) < 4.78 is 27.4. The third-order valence-corrected chi connectivity index (χ3v) is 7.45. The lowest BCUT2D eigenvalue weighted by Gasteiger charge is -2.47. The molecule has 1 aliphatic rings. The summed E-state index contributed by atoms with van der Waals surface area (Å²) in [6, 6.07) is 15.0. The molecule has 4 nitrogen and oxygen atoms in total. The Morgan fingerprint density at radius 2 is 1.92 bits per heavy atom. The first kappa shape index (κ1) is 25.8. The van der Waals surface area contributed by atoms with Gasteiger partial charge in [0.2, 0.25) is 0 Å². The van der Waals surface area contributed by atoms with Crippen LogP contribution >= 0.6 is 0 Å². The highest BCUT2D eigenvalue weighted by atomic mass is 19.3. The highest BCUT2D eigenvalue weighted by molar-refractivity contribution is 6.04. The van der Waals surface area contributed by atoms with Gasteiger partial charge >= 0.3 is 0 Å². The number of carbonyl (C=O) groups excluding carboxylic acids is 1. The monoisotopic (exact) mass is 491 g/mol. The van der Waals surface area contributed by atoms with Gasteiger partial charge in [0.15, 0.2) is 0 Å². The molecule has 3 aromatic rings. The van der Waals surface area contributed by atoms with Crippen LogP contribution in [0.2, 0.25) is 0 Å². The second kappa shape index (κ2) is 10.00. The van der Waals surface area contributed by atoms with E-state index in [0.29, 0.717) is 5.69 Å². The third-order valence-electron chi connectivity index (χ3n) is 7.45. The minimum atomic E-state index is -3.11. The summed E-state index contributed by atoms with van der Waals surface area (Å²) in [6.07, 6.45) is 5.64. The molecule has 0 bridgehead atoms. The average molecular weight is 492 g/mol. The Morgan fingerprint density at radius 3 is 2.61 bits per heavy atom. The van der Waals surface area contributed by atoms with Crippen LogP contribution in [0.4, 0.5) is 20.2 Å². The zero-order chi connectivity index (χ0) is 26.1. The van der Waals surface area contributed by atoms with Crippen molar-refractivity contribution in [3.63, 3.8) is 0 Å². The van der Waals surface area contributed by atoms with Gasteiger partial charge in [-0.1, -0.05) is 32.0 Å². The third kappa shape index (κ3) is 5.13. The van der Waals surface area contributed by atoms with E-state index in [4.69, 9.17) is 0 Å². The molecule has 1 N–H and O–H groups in total. The van der Waals surface area contributed by atoms with E-state index in [1.165, 1.54) is 23.5 Å². The molecule has 2 heterocycles. The molecule has 6 heteroatoms. The number of fused-ring (bicyclic) bond motifs is 1. The number of pyridine rings is 1. The fraction of sp³-hybridized carbons (Fsp3) is 0.400. The van der Waals surface area contributed by atoms with Crippen molar-refractivity contribution in [1.82, 2.24) is 4.98 Å². The van der Waals surface area contributed by atoms with E-state index in [1.807, 2.05) is 18.2 Å². The maximum Gasteiger partial charge on any atom is 0.286 e. The first-order valence-electron chi connectivity index (χ1n) is 12.7. The van der Waals surface area contributed by atoms with E-state index < -0.39 is 17.5 Å². The number of rotatable bonds is 7.